The first-order chi connectivity index (χ1) is 11.4. The van der Waals surface area contributed by atoms with Gasteiger partial charge in [0.2, 0.25) is 0 Å². The molecule has 0 amide bonds. The Kier molecular flexibility index (Phi) is 2.97. The Morgan fingerprint density at radius 3 is 2.62 bits per heavy atom. The molecule has 7 heteroatoms. The molecule has 1 aromatic carbocycles. The molecular weight excluding hydrogens is 310 g/mol. The van der Waals surface area contributed by atoms with Gasteiger partial charge in [0.15, 0.2) is 11.6 Å². The summed E-state index contributed by atoms with van der Waals surface area (Å²) in [6, 6.07) is 8.47. The average Bonchev–Trinajstić information content (AvgIpc) is 2.46. The number of hydrogen-bond donors (Lipinski definition) is 3. The fourth-order valence-electron chi connectivity index (χ4n) is 3.93. The highest BCUT2D eigenvalue weighted by Crippen LogP contribution is 2.73. The van der Waals surface area contributed by atoms with Gasteiger partial charge in [-0.15, -0.1) is 10.2 Å². The van der Waals surface area contributed by atoms with Crippen LogP contribution in [0.2, 0.25) is 0 Å². The SMILES string of the molecule is Nc1nnc(-c2ccccc2O)cc1OCC12CC(C(=O)O)(C1)C2. The summed E-state index contributed by atoms with van der Waals surface area (Å²) < 4.78 is 5.81. The van der Waals surface area contributed by atoms with Crippen LogP contribution in [0.3, 0.4) is 0 Å². The third kappa shape index (κ3) is 2.08. The maximum absolute atomic E-state index is 11.1. The molecule has 5 rings (SSSR count). The molecule has 0 unspecified atom stereocenters. The normalized spacial score (nSPS) is 27.0. The Bertz CT molecular complexity index is 817. The van der Waals surface area contributed by atoms with Gasteiger partial charge in [-0.2, -0.15) is 0 Å². The number of ether oxygens (including phenoxy) is 1. The quantitative estimate of drug-likeness (QED) is 0.769. The number of nitrogens with zero attached hydrogens (tertiary/aromatic N) is 2. The van der Waals surface area contributed by atoms with Crippen molar-refractivity contribution >= 4 is 11.8 Å². The fraction of sp³-hybridized carbons (Fsp3) is 0.353. The largest absolute Gasteiger partial charge is 0.507 e. The van der Waals surface area contributed by atoms with E-state index in [9.17, 15) is 9.90 Å². The third-order valence-electron chi connectivity index (χ3n) is 5.09. The third-order valence-corrected chi connectivity index (χ3v) is 5.09. The van der Waals surface area contributed by atoms with Crippen molar-refractivity contribution in [3.63, 3.8) is 0 Å². The molecule has 4 N–H and O–H groups in total. The molecule has 2 bridgehead atoms. The summed E-state index contributed by atoms with van der Waals surface area (Å²) in [5.41, 5.74) is 6.27. The first kappa shape index (κ1) is 14.7. The summed E-state index contributed by atoms with van der Waals surface area (Å²) in [5, 5.41) is 27.0. The highest BCUT2D eigenvalue weighted by molar-refractivity contribution is 5.79. The van der Waals surface area contributed by atoms with E-state index in [4.69, 9.17) is 15.6 Å². The van der Waals surface area contributed by atoms with Crippen LogP contribution < -0.4 is 10.5 Å². The van der Waals surface area contributed by atoms with E-state index in [1.54, 1.807) is 30.3 Å². The second-order valence-electron chi connectivity index (χ2n) is 6.90. The zero-order valence-electron chi connectivity index (χ0n) is 12.9. The molecular formula is C17H17N3O4. The predicted octanol–water partition coefficient (Wildman–Crippen LogP) is 2.07. The topological polar surface area (TPSA) is 119 Å². The number of nitrogens with two attached hydrogens (primary N) is 1. The average molecular weight is 327 g/mol. The maximum Gasteiger partial charge on any atom is 0.309 e. The van der Waals surface area contributed by atoms with Gasteiger partial charge in [0.05, 0.1) is 12.0 Å². The molecule has 124 valence electrons. The summed E-state index contributed by atoms with van der Waals surface area (Å²) in [4.78, 5) is 11.1. The molecule has 3 aliphatic carbocycles. The number of nitrogen functional groups attached to an aromatic ring is 1. The summed E-state index contributed by atoms with van der Waals surface area (Å²) in [7, 11) is 0. The minimum absolute atomic E-state index is 0.0524. The van der Waals surface area contributed by atoms with E-state index >= 15 is 0 Å². The Balaban J connectivity index is 1.50. The molecule has 0 radical (unpaired) electrons. The number of aromatic hydroxyl groups is 1. The van der Waals surface area contributed by atoms with E-state index in [-0.39, 0.29) is 17.0 Å². The molecule has 2 aromatic rings. The number of carboxylic acids is 1. The highest BCUT2D eigenvalue weighted by atomic mass is 16.5. The summed E-state index contributed by atoms with van der Waals surface area (Å²) in [6.45, 7) is 0.415. The van der Waals surface area contributed by atoms with E-state index in [2.05, 4.69) is 10.2 Å². The van der Waals surface area contributed by atoms with Crippen LogP contribution in [0.15, 0.2) is 30.3 Å². The van der Waals surface area contributed by atoms with Crippen molar-refractivity contribution in [1.82, 2.24) is 10.2 Å². The number of benzene rings is 1. The van der Waals surface area contributed by atoms with Crippen molar-refractivity contribution in [2.45, 2.75) is 19.3 Å². The van der Waals surface area contributed by atoms with Crippen molar-refractivity contribution in [1.29, 1.82) is 0 Å². The van der Waals surface area contributed by atoms with Gasteiger partial charge < -0.3 is 20.7 Å². The molecule has 0 saturated heterocycles. The molecule has 1 heterocycles. The number of anilines is 1. The van der Waals surface area contributed by atoms with Crippen LogP contribution in [0.5, 0.6) is 11.5 Å². The van der Waals surface area contributed by atoms with Crippen molar-refractivity contribution < 1.29 is 19.7 Å². The highest BCUT2D eigenvalue weighted by Gasteiger charge is 2.72. The number of phenolic OH excluding ortho intramolecular Hbond substituents is 1. The van der Waals surface area contributed by atoms with E-state index in [0.717, 1.165) is 0 Å². The van der Waals surface area contributed by atoms with Crippen LogP contribution in [0.1, 0.15) is 19.3 Å². The Labute approximate surface area is 138 Å². The van der Waals surface area contributed by atoms with Crippen LogP contribution in [0.4, 0.5) is 5.82 Å². The van der Waals surface area contributed by atoms with Gasteiger partial charge in [0.25, 0.3) is 0 Å². The molecule has 24 heavy (non-hydrogen) atoms. The first-order valence-electron chi connectivity index (χ1n) is 7.71. The van der Waals surface area contributed by atoms with Gasteiger partial charge >= 0.3 is 5.97 Å². The lowest BCUT2D eigenvalue weighted by Gasteiger charge is -2.67. The van der Waals surface area contributed by atoms with Crippen LogP contribution in [-0.4, -0.2) is 33.0 Å². The maximum atomic E-state index is 11.1. The number of aromatic nitrogens is 2. The fourth-order valence-corrected chi connectivity index (χ4v) is 3.93. The van der Waals surface area contributed by atoms with Crippen molar-refractivity contribution in [2.24, 2.45) is 10.8 Å². The number of carboxylic acid groups (broad SMARTS) is 1. The lowest BCUT2D eigenvalue weighted by Crippen LogP contribution is -2.67. The minimum atomic E-state index is -0.712. The number of para-hydroxylation sites is 1. The van der Waals surface area contributed by atoms with Crippen molar-refractivity contribution in [3.05, 3.63) is 30.3 Å². The monoisotopic (exact) mass is 327 g/mol. The second kappa shape index (κ2) is 4.83. The van der Waals surface area contributed by atoms with Gasteiger partial charge in [-0.05, 0) is 31.4 Å². The zero-order valence-corrected chi connectivity index (χ0v) is 12.9. The van der Waals surface area contributed by atoms with Crippen LogP contribution in [-0.2, 0) is 4.79 Å². The number of aliphatic carboxylic acids is 1. The Morgan fingerprint density at radius 2 is 1.96 bits per heavy atom. The Morgan fingerprint density at radius 1 is 1.25 bits per heavy atom. The summed E-state index contributed by atoms with van der Waals surface area (Å²) >= 11 is 0. The molecule has 0 aliphatic heterocycles. The minimum Gasteiger partial charge on any atom is -0.507 e. The molecule has 3 fully saturated rings. The van der Waals surface area contributed by atoms with E-state index in [1.165, 1.54) is 0 Å². The molecule has 3 saturated carbocycles. The Hall–Kier alpha value is -2.83. The van der Waals surface area contributed by atoms with Gasteiger partial charge in [-0.1, -0.05) is 12.1 Å². The van der Waals surface area contributed by atoms with E-state index in [0.29, 0.717) is 42.9 Å². The molecule has 1 aromatic heterocycles. The van der Waals surface area contributed by atoms with Crippen LogP contribution in [0, 0.1) is 10.8 Å². The van der Waals surface area contributed by atoms with Crippen molar-refractivity contribution in [3.8, 4) is 22.8 Å². The lowest BCUT2D eigenvalue weighted by molar-refractivity contribution is -0.231. The predicted molar refractivity (Wildman–Crippen MR) is 85.4 cm³/mol. The standard InChI is InChI=1S/C17H17N3O4/c18-14-13(24-9-16-6-17(7-16,8-16)15(22)23)5-11(19-20-14)10-3-1-2-4-12(10)21/h1-5,21H,6-9H2,(H2,18,20)(H,22,23). The van der Waals surface area contributed by atoms with Crippen LogP contribution in [0.25, 0.3) is 11.3 Å². The lowest BCUT2D eigenvalue weighted by atomic mass is 9.35. The van der Waals surface area contributed by atoms with Crippen molar-refractivity contribution in [2.75, 3.05) is 12.3 Å². The smallest absolute Gasteiger partial charge is 0.309 e. The van der Waals surface area contributed by atoms with Gasteiger partial charge in [-0.3, -0.25) is 4.79 Å². The first-order valence-corrected chi connectivity index (χ1v) is 7.71. The van der Waals surface area contributed by atoms with E-state index in [1.807, 2.05) is 0 Å². The molecule has 0 spiro atoms. The van der Waals surface area contributed by atoms with Crippen LogP contribution >= 0.6 is 0 Å². The molecule has 3 aliphatic rings. The summed E-state index contributed by atoms with van der Waals surface area (Å²) in [5.74, 6) is -0.0345. The van der Waals surface area contributed by atoms with Gasteiger partial charge in [0.1, 0.15) is 11.4 Å². The number of carbonyl (C=O) groups is 1. The second-order valence-corrected chi connectivity index (χ2v) is 6.90. The van der Waals surface area contributed by atoms with Gasteiger partial charge in [-0.25, -0.2) is 0 Å². The number of phenols is 1. The zero-order chi connectivity index (χ0) is 16.9. The number of hydrogen-bond acceptors (Lipinski definition) is 6. The van der Waals surface area contributed by atoms with E-state index < -0.39 is 11.4 Å². The summed E-state index contributed by atoms with van der Waals surface area (Å²) in [6.07, 6.45) is 1.96. The molecule has 7 nitrogen and oxygen atoms in total. The van der Waals surface area contributed by atoms with Gasteiger partial charge in [0, 0.05) is 17.0 Å². The number of rotatable bonds is 5. The molecule has 0 atom stereocenters.